The number of nitrogens with zero attached hydrogens (tertiary/aromatic N) is 1. The van der Waals surface area contributed by atoms with Crippen LogP contribution in [0.5, 0.6) is 0 Å². The molecule has 0 aromatic carbocycles. The molecular formula is C24H51NO4P+. The van der Waals surface area contributed by atoms with Crippen molar-refractivity contribution >= 4 is 7.60 Å². The Hall–Kier alpha value is -0.190. The van der Waals surface area contributed by atoms with E-state index in [9.17, 15) is 19.5 Å². The monoisotopic (exact) mass is 448 g/mol. The Morgan fingerprint density at radius 2 is 1.13 bits per heavy atom. The van der Waals surface area contributed by atoms with Gasteiger partial charge in [-0.05, 0) is 38.5 Å². The minimum absolute atomic E-state index is 0.0476. The van der Waals surface area contributed by atoms with Gasteiger partial charge in [-0.3, -0.25) is 4.57 Å². The van der Waals surface area contributed by atoms with Crippen LogP contribution in [0.25, 0.3) is 0 Å². The van der Waals surface area contributed by atoms with E-state index in [-0.39, 0.29) is 13.0 Å². The minimum Gasteiger partial charge on any atom is -0.373 e. The van der Waals surface area contributed by atoms with Gasteiger partial charge in [-0.15, -0.1) is 0 Å². The molecule has 0 rings (SSSR count). The predicted molar refractivity (Wildman–Crippen MR) is 129 cm³/mol. The first-order valence-corrected chi connectivity index (χ1v) is 13.9. The Kier molecular flexibility index (Phi) is 16.3. The summed E-state index contributed by atoms with van der Waals surface area (Å²) < 4.78 is 12.1. The molecular weight excluding hydrogens is 397 g/mol. The first kappa shape index (κ1) is 29.8. The topological polar surface area (TPSA) is 77.8 Å². The summed E-state index contributed by atoms with van der Waals surface area (Å²) in [6, 6.07) is 0. The number of unbranched alkanes of at least 4 members (excludes halogenated alkanes) is 13. The van der Waals surface area contributed by atoms with Gasteiger partial charge >= 0.3 is 7.60 Å². The van der Waals surface area contributed by atoms with Gasteiger partial charge in [0, 0.05) is 0 Å². The van der Waals surface area contributed by atoms with E-state index in [0.29, 0.717) is 10.9 Å². The lowest BCUT2D eigenvalue weighted by atomic mass is 10.0. The number of quaternary nitrogens is 1. The van der Waals surface area contributed by atoms with E-state index in [0.717, 1.165) is 19.3 Å². The summed E-state index contributed by atoms with van der Waals surface area (Å²) in [6.07, 6.45) is 23.0. The molecule has 0 saturated carbocycles. The summed E-state index contributed by atoms with van der Waals surface area (Å²) in [4.78, 5) is 19.1. The SMILES string of the molecule is CCCCCCCCCCCCC/C=C\CCCCC(O)(C[N+](C)(C)C)P(=O)(O)O. The molecule has 0 aliphatic rings. The van der Waals surface area contributed by atoms with E-state index in [1.807, 2.05) is 21.1 Å². The predicted octanol–water partition coefficient (Wildman–Crippen LogP) is 6.38. The molecule has 1 unspecified atom stereocenters. The van der Waals surface area contributed by atoms with Gasteiger partial charge in [-0.25, -0.2) is 0 Å². The quantitative estimate of drug-likeness (QED) is 0.0874. The van der Waals surface area contributed by atoms with Crippen molar-refractivity contribution in [1.82, 2.24) is 0 Å². The molecule has 0 heterocycles. The molecule has 30 heavy (non-hydrogen) atoms. The van der Waals surface area contributed by atoms with Crippen LogP contribution in [0.4, 0.5) is 0 Å². The zero-order valence-corrected chi connectivity index (χ0v) is 21.2. The second kappa shape index (κ2) is 16.4. The largest absolute Gasteiger partial charge is 0.373 e. The Bertz CT molecular complexity index is 484. The third-order valence-electron chi connectivity index (χ3n) is 5.61. The van der Waals surface area contributed by atoms with Crippen LogP contribution in [0.3, 0.4) is 0 Å². The third kappa shape index (κ3) is 16.5. The van der Waals surface area contributed by atoms with Gasteiger partial charge in [0.25, 0.3) is 0 Å². The Morgan fingerprint density at radius 1 is 0.733 bits per heavy atom. The summed E-state index contributed by atoms with van der Waals surface area (Å²) in [5.41, 5.74) is 0. The lowest BCUT2D eigenvalue weighted by Crippen LogP contribution is -2.49. The molecule has 0 aliphatic carbocycles. The summed E-state index contributed by atoms with van der Waals surface area (Å²) in [6.45, 7) is 2.31. The molecule has 0 amide bonds. The van der Waals surface area contributed by atoms with E-state index >= 15 is 0 Å². The highest BCUT2D eigenvalue weighted by Gasteiger charge is 2.48. The molecule has 0 fully saturated rings. The van der Waals surface area contributed by atoms with Crippen molar-refractivity contribution < 1.29 is 23.9 Å². The number of hydrogen-bond acceptors (Lipinski definition) is 2. The van der Waals surface area contributed by atoms with E-state index in [1.54, 1.807) is 0 Å². The molecule has 6 heteroatoms. The number of likely N-dealkylation sites (N-methyl/N-ethyl adjacent to an activating group) is 1. The van der Waals surface area contributed by atoms with Crippen molar-refractivity contribution in [3.05, 3.63) is 12.2 Å². The fraction of sp³-hybridized carbons (Fsp3) is 0.917. The smallest absolute Gasteiger partial charge is 0.362 e. The average molecular weight is 449 g/mol. The maximum absolute atomic E-state index is 11.8. The van der Waals surface area contributed by atoms with Crippen LogP contribution in [-0.4, -0.2) is 52.4 Å². The normalized spacial score (nSPS) is 15.0. The zero-order chi connectivity index (χ0) is 22.9. The Labute approximate surface area is 186 Å². The highest BCUT2D eigenvalue weighted by molar-refractivity contribution is 7.53. The van der Waals surface area contributed by atoms with Crippen molar-refractivity contribution in [2.45, 2.75) is 115 Å². The van der Waals surface area contributed by atoms with Gasteiger partial charge in [-0.2, -0.15) is 0 Å². The standard InChI is InChI=1S/C24H50NO4P/c1-5-6-7-8-9-10-11-12-13-14-15-16-17-18-19-20-21-22-24(26,30(27,28)29)23-25(2,3)4/h17-18,26H,5-16,19-23H2,1-4H3,(H-,27,28,29)/p+1/b18-17-. The minimum atomic E-state index is -4.55. The van der Waals surface area contributed by atoms with Crippen LogP contribution in [0.2, 0.25) is 0 Å². The van der Waals surface area contributed by atoms with E-state index < -0.39 is 12.9 Å². The Morgan fingerprint density at radius 3 is 1.53 bits per heavy atom. The molecule has 1 atom stereocenters. The van der Waals surface area contributed by atoms with Crippen LogP contribution < -0.4 is 0 Å². The molecule has 0 aromatic heterocycles. The second-order valence-corrected chi connectivity index (χ2v) is 11.9. The van der Waals surface area contributed by atoms with Crippen LogP contribution in [0, 0.1) is 0 Å². The Balaban J connectivity index is 3.70. The fourth-order valence-corrected chi connectivity index (χ4v) is 4.97. The molecule has 3 N–H and O–H groups in total. The molecule has 180 valence electrons. The summed E-state index contributed by atoms with van der Waals surface area (Å²) >= 11 is 0. The van der Waals surface area contributed by atoms with Crippen molar-refractivity contribution in [3.8, 4) is 0 Å². The number of aliphatic hydroxyl groups is 1. The maximum Gasteiger partial charge on any atom is 0.362 e. The number of allylic oxidation sites excluding steroid dienone is 2. The average Bonchev–Trinajstić information content (AvgIpc) is 2.62. The third-order valence-corrected chi connectivity index (χ3v) is 7.06. The van der Waals surface area contributed by atoms with E-state index in [2.05, 4.69) is 19.1 Å². The lowest BCUT2D eigenvalue weighted by molar-refractivity contribution is -0.875. The number of rotatable bonds is 20. The van der Waals surface area contributed by atoms with Crippen LogP contribution >= 0.6 is 7.60 Å². The zero-order valence-electron chi connectivity index (χ0n) is 20.3. The molecule has 0 aliphatic heterocycles. The molecule has 0 saturated heterocycles. The van der Waals surface area contributed by atoms with Crippen molar-refractivity contribution in [2.75, 3.05) is 27.7 Å². The van der Waals surface area contributed by atoms with Gasteiger partial charge in [0.15, 0.2) is 0 Å². The lowest BCUT2D eigenvalue weighted by Gasteiger charge is -2.35. The fourth-order valence-electron chi connectivity index (χ4n) is 3.91. The molecule has 5 nitrogen and oxygen atoms in total. The van der Waals surface area contributed by atoms with E-state index in [4.69, 9.17) is 0 Å². The van der Waals surface area contributed by atoms with Crippen molar-refractivity contribution in [2.24, 2.45) is 0 Å². The summed E-state index contributed by atoms with van der Waals surface area (Å²) in [5, 5.41) is 8.59. The van der Waals surface area contributed by atoms with Gasteiger partial charge in [-0.1, -0.05) is 83.3 Å². The van der Waals surface area contributed by atoms with Crippen molar-refractivity contribution in [1.29, 1.82) is 0 Å². The van der Waals surface area contributed by atoms with Gasteiger partial charge in [0.1, 0.15) is 6.54 Å². The molecule has 0 bridgehead atoms. The first-order valence-electron chi connectivity index (χ1n) is 12.3. The summed E-state index contributed by atoms with van der Waals surface area (Å²) in [7, 11) is 0.941. The second-order valence-electron chi connectivity index (χ2n) is 10.0. The number of hydrogen-bond donors (Lipinski definition) is 3. The van der Waals surface area contributed by atoms with E-state index in [1.165, 1.54) is 70.6 Å². The van der Waals surface area contributed by atoms with Crippen LogP contribution in [0.1, 0.15) is 110 Å². The molecule has 0 radical (unpaired) electrons. The summed E-state index contributed by atoms with van der Waals surface area (Å²) in [5.74, 6) is 0. The molecule has 0 spiro atoms. The van der Waals surface area contributed by atoms with Gasteiger partial charge in [0.2, 0.25) is 5.34 Å². The maximum atomic E-state index is 11.8. The molecule has 0 aromatic rings. The van der Waals surface area contributed by atoms with Crippen LogP contribution in [-0.2, 0) is 4.57 Å². The highest BCUT2D eigenvalue weighted by Crippen LogP contribution is 2.52. The van der Waals surface area contributed by atoms with Gasteiger partial charge < -0.3 is 19.4 Å². The van der Waals surface area contributed by atoms with Crippen molar-refractivity contribution in [3.63, 3.8) is 0 Å². The highest BCUT2D eigenvalue weighted by atomic mass is 31.2. The van der Waals surface area contributed by atoms with Gasteiger partial charge in [0.05, 0.1) is 21.1 Å². The first-order chi connectivity index (χ1) is 14.0. The van der Waals surface area contributed by atoms with Crippen LogP contribution in [0.15, 0.2) is 12.2 Å².